The van der Waals surface area contributed by atoms with Crippen LogP contribution in [0.5, 0.6) is 0 Å². The Balaban J connectivity index is 3.44. The van der Waals surface area contributed by atoms with E-state index in [-0.39, 0.29) is 10.8 Å². The number of nitrogens with one attached hydrogen (secondary N) is 1. The van der Waals surface area contributed by atoms with Crippen molar-refractivity contribution in [1.82, 2.24) is 0 Å². The van der Waals surface area contributed by atoms with Crippen molar-refractivity contribution in [2.24, 2.45) is 0 Å². The summed E-state index contributed by atoms with van der Waals surface area (Å²) in [7, 11) is 1.50. The van der Waals surface area contributed by atoms with Crippen LogP contribution in [0.3, 0.4) is 0 Å². The molecule has 1 N–H and O–H groups in total. The molecular weight excluding hydrogens is 250 g/mol. The lowest BCUT2D eigenvalue weighted by Crippen LogP contribution is -2.10. The molecule has 0 radical (unpaired) electrons. The summed E-state index contributed by atoms with van der Waals surface area (Å²) < 4.78 is 22.5. The molecule has 0 aliphatic rings. The van der Waals surface area contributed by atoms with Crippen molar-refractivity contribution in [1.29, 1.82) is 0 Å². The highest BCUT2D eigenvalue weighted by atomic mass is 35.7. The topological polar surface area (TPSA) is 63.2 Å². The highest BCUT2D eigenvalue weighted by molar-refractivity contribution is 8.13. The Kier molecular flexibility index (Phi) is 3.60. The summed E-state index contributed by atoms with van der Waals surface area (Å²) in [5.74, 6) is -0.254. The molecule has 1 aromatic carbocycles. The number of hydrogen-bond acceptors (Lipinski definition) is 3. The molecule has 0 aliphatic carbocycles. The van der Waals surface area contributed by atoms with Crippen molar-refractivity contribution in [3.05, 3.63) is 23.3 Å². The Labute approximate surface area is 99.0 Å². The van der Waals surface area contributed by atoms with Crippen LogP contribution >= 0.6 is 10.7 Å². The van der Waals surface area contributed by atoms with Crippen LogP contribution in [0.2, 0.25) is 0 Å². The summed E-state index contributed by atoms with van der Waals surface area (Å²) in [6, 6.07) is 3.03. The number of aryl methyl sites for hydroxylation is 1. The summed E-state index contributed by atoms with van der Waals surface area (Å²) in [6.07, 6.45) is 0. The average molecular weight is 262 g/mol. The molecule has 1 aromatic rings. The van der Waals surface area contributed by atoms with E-state index >= 15 is 0 Å². The summed E-state index contributed by atoms with van der Waals surface area (Å²) in [5, 5.41) is 2.59. The Morgan fingerprint density at radius 2 is 1.88 bits per heavy atom. The maximum absolute atomic E-state index is 11.3. The predicted octanol–water partition coefficient (Wildman–Crippen LogP) is 2.19. The summed E-state index contributed by atoms with van der Waals surface area (Å²) in [4.78, 5) is 11.0. The molecule has 0 bridgehead atoms. The van der Waals surface area contributed by atoms with Crippen LogP contribution in [-0.4, -0.2) is 14.3 Å². The minimum Gasteiger partial charge on any atom is -0.326 e. The lowest BCUT2D eigenvalue weighted by Gasteiger charge is -2.12. The van der Waals surface area contributed by atoms with Gasteiger partial charge >= 0.3 is 0 Å². The molecule has 0 unspecified atom stereocenters. The number of hydrogen-bond donors (Lipinski definition) is 1. The third kappa shape index (κ3) is 2.74. The first-order chi connectivity index (χ1) is 7.23. The summed E-state index contributed by atoms with van der Waals surface area (Å²) >= 11 is 0. The molecule has 0 saturated heterocycles. The van der Waals surface area contributed by atoms with Gasteiger partial charge in [0.15, 0.2) is 0 Å². The number of benzene rings is 1. The monoisotopic (exact) mass is 261 g/mol. The van der Waals surface area contributed by atoms with E-state index in [0.717, 1.165) is 5.56 Å². The molecule has 16 heavy (non-hydrogen) atoms. The fourth-order valence-corrected chi connectivity index (χ4v) is 2.66. The molecule has 0 saturated carbocycles. The van der Waals surface area contributed by atoms with Gasteiger partial charge in [0.2, 0.25) is 5.91 Å². The van der Waals surface area contributed by atoms with Gasteiger partial charge in [0.1, 0.15) is 0 Å². The van der Waals surface area contributed by atoms with Gasteiger partial charge in [0.05, 0.1) is 4.90 Å². The quantitative estimate of drug-likeness (QED) is 0.830. The van der Waals surface area contributed by atoms with E-state index in [4.69, 9.17) is 10.7 Å². The zero-order valence-corrected chi connectivity index (χ0v) is 10.7. The van der Waals surface area contributed by atoms with Gasteiger partial charge in [-0.1, -0.05) is 6.07 Å². The van der Waals surface area contributed by atoms with Gasteiger partial charge in [-0.25, -0.2) is 8.42 Å². The van der Waals surface area contributed by atoms with Gasteiger partial charge in [-0.15, -0.1) is 0 Å². The van der Waals surface area contributed by atoms with Gasteiger partial charge < -0.3 is 5.32 Å². The van der Waals surface area contributed by atoms with E-state index in [1.807, 2.05) is 0 Å². The first kappa shape index (κ1) is 13.0. The molecule has 0 spiro atoms. The highest BCUT2D eigenvalue weighted by Crippen LogP contribution is 2.28. The van der Waals surface area contributed by atoms with Crippen LogP contribution in [0.4, 0.5) is 5.69 Å². The van der Waals surface area contributed by atoms with Crippen LogP contribution in [0.1, 0.15) is 18.1 Å². The number of rotatable bonds is 2. The van der Waals surface area contributed by atoms with Crippen molar-refractivity contribution >= 4 is 31.3 Å². The molecule has 0 atom stereocenters. The number of anilines is 1. The zero-order valence-electron chi connectivity index (χ0n) is 9.17. The minimum atomic E-state index is -3.79. The van der Waals surface area contributed by atoms with Crippen molar-refractivity contribution < 1.29 is 13.2 Å². The van der Waals surface area contributed by atoms with Crippen molar-refractivity contribution in [3.8, 4) is 0 Å². The molecule has 0 heterocycles. The Morgan fingerprint density at radius 3 is 2.31 bits per heavy atom. The molecule has 0 fully saturated rings. The third-order valence-corrected chi connectivity index (χ3v) is 3.65. The first-order valence-corrected chi connectivity index (χ1v) is 6.87. The van der Waals surface area contributed by atoms with E-state index in [9.17, 15) is 13.2 Å². The van der Waals surface area contributed by atoms with Gasteiger partial charge in [-0.05, 0) is 31.0 Å². The molecule has 4 nitrogen and oxygen atoms in total. The number of carbonyl (C=O) groups excluding carboxylic acids is 1. The Morgan fingerprint density at radius 1 is 1.31 bits per heavy atom. The predicted molar refractivity (Wildman–Crippen MR) is 63.3 cm³/mol. The average Bonchev–Trinajstić information content (AvgIpc) is 2.09. The lowest BCUT2D eigenvalue weighted by atomic mass is 10.1. The van der Waals surface area contributed by atoms with E-state index in [1.54, 1.807) is 19.9 Å². The molecule has 88 valence electrons. The zero-order chi connectivity index (χ0) is 12.5. The van der Waals surface area contributed by atoms with Crippen molar-refractivity contribution in [2.75, 3.05) is 5.32 Å². The second-order valence-electron chi connectivity index (χ2n) is 3.50. The van der Waals surface area contributed by atoms with Gasteiger partial charge in [-0.3, -0.25) is 4.79 Å². The second-order valence-corrected chi connectivity index (χ2v) is 6.03. The fraction of sp³-hybridized carbons (Fsp3) is 0.300. The maximum Gasteiger partial charge on any atom is 0.261 e. The molecule has 0 aromatic heterocycles. The lowest BCUT2D eigenvalue weighted by molar-refractivity contribution is -0.114. The smallest absolute Gasteiger partial charge is 0.261 e. The molecular formula is C10H12ClNO3S. The van der Waals surface area contributed by atoms with Crippen LogP contribution in [0.15, 0.2) is 17.0 Å². The summed E-state index contributed by atoms with van der Waals surface area (Å²) in [6.45, 7) is 4.75. The first-order valence-electron chi connectivity index (χ1n) is 4.56. The fourth-order valence-electron chi connectivity index (χ4n) is 1.46. The van der Waals surface area contributed by atoms with Gasteiger partial charge in [0, 0.05) is 23.3 Å². The molecule has 0 aliphatic heterocycles. The van der Waals surface area contributed by atoms with E-state index in [0.29, 0.717) is 11.3 Å². The number of amides is 1. The second kappa shape index (κ2) is 4.43. The normalized spacial score (nSPS) is 11.2. The van der Waals surface area contributed by atoms with E-state index in [1.165, 1.54) is 13.0 Å². The minimum absolute atomic E-state index is 0.0171. The highest BCUT2D eigenvalue weighted by Gasteiger charge is 2.17. The SMILES string of the molecule is CC(=O)Nc1c(C)ccc(S(=O)(=O)Cl)c1C. The Hall–Kier alpha value is -1.07. The van der Waals surface area contributed by atoms with E-state index in [2.05, 4.69) is 5.32 Å². The summed E-state index contributed by atoms with van der Waals surface area (Å²) in [5.41, 5.74) is 1.73. The van der Waals surface area contributed by atoms with Gasteiger partial charge in [0.25, 0.3) is 9.05 Å². The van der Waals surface area contributed by atoms with Crippen molar-refractivity contribution in [2.45, 2.75) is 25.7 Å². The Bertz CT molecular complexity index is 537. The van der Waals surface area contributed by atoms with Crippen molar-refractivity contribution in [3.63, 3.8) is 0 Å². The van der Waals surface area contributed by atoms with E-state index < -0.39 is 9.05 Å². The van der Waals surface area contributed by atoms with Crippen LogP contribution in [-0.2, 0) is 13.8 Å². The number of carbonyl (C=O) groups is 1. The third-order valence-electron chi connectivity index (χ3n) is 2.19. The molecule has 6 heteroatoms. The number of halogens is 1. The van der Waals surface area contributed by atoms with Gasteiger partial charge in [-0.2, -0.15) is 0 Å². The maximum atomic E-state index is 11.3. The molecule has 1 amide bonds. The standard InChI is InChI=1S/C10H12ClNO3S/c1-6-4-5-9(16(11,14)15)7(2)10(6)12-8(3)13/h4-5H,1-3H3,(H,12,13). The largest absolute Gasteiger partial charge is 0.326 e. The van der Waals surface area contributed by atoms with Crippen LogP contribution < -0.4 is 5.32 Å². The molecule has 1 rings (SSSR count). The van der Waals surface area contributed by atoms with Crippen LogP contribution in [0.25, 0.3) is 0 Å². The van der Waals surface area contributed by atoms with Crippen LogP contribution in [0, 0.1) is 13.8 Å².